The molecule has 12 aromatic rings. The van der Waals surface area contributed by atoms with Crippen LogP contribution >= 0.6 is 0 Å². The van der Waals surface area contributed by atoms with Crippen molar-refractivity contribution in [3.63, 3.8) is 0 Å². The molecule has 6 aromatic heterocycles. The van der Waals surface area contributed by atoms with Crippen LogP contribution in [0.15, 0.2) is 165 Å². The molecular weight excluding hydrogens is 1340 g/mol. The molecule has 26 nitrogen and oxygen atoms in total. The highest BCUT2D eigenvalue weighted by Gasteiger charge is 2.25. The van der Waals surface area contributed by atoms with Gasteiger partial charge in [-0.2, -0.15) is 15.3 Å². The predicted octanol–water partition coefficient (Wildman–Crippen LogP) is 11.6. The fraction of sp³-hybridized carbons (Fsp3) is 0.362. The average Bonchev–Trinajstić information content (AvgIpc) is 0.919. The van der Waals surface area contributed by atoms with Gasteiger partial charge in [-0.3, -0.25) is 29.0 Å². The molecule has 26 heteroatoms. The molecule has 6 aromatic carbocycles. The van der Waals surface area contributed by atoms with Crippen LogP contribution in [0.2, 0.25) is 0 Å². The Kier molecular flexibility index (Phi) is 23.7. The number of benzene rings is 6. The van der Waals surface area contributed by atoms with Crippen LogP contribution in [0.5, 0.6) is 34.5 Å². The monoisotopic (exact) mass is 1430 g/mol. The van der Waals surface area contributed by atoms with Crippen LogP contribution in [0, 0.1) is 0 Å². The number of nitrogens with one attached hydrogen (secondary N) is 1. The second-order valence-electron chi connectivity index (χ2n) is 27.0. The summed E-state index contributed by atoms with van der Waals surface area (Å²) in [5, 5.41) is 37.4. The van der Waals surface area contributed by atoms with E-state index < -0.39 is 6.10 Å². The summed E-state index contributed by atoms with van der Waals surface area (Å²) in [6.45, 7) is 8.19. The van der Waals surface area contributed by atoms with Crippen LogP contribution in [0.4, 0.5) is 34.1 Å². The number of likely N-dealkylation sites (tertiary alicyclic amines) is 2. The molecule has 8 heterocycles. The van der Waals surface area contributed by atoms with E-state index in [1.165, 1.54) is 32.1 Å². The van der Waals surface area contributed by atoms with Crippen LogP contribution in [-0.4, -0.2) is 206 Å². The van der Waals surface area contributed by atoms with Crippen LogP contribution in [-0.2, 0) is 21.1 Å². The molecule has 1 aliphatic carbocycles. The molecule has 0 radical (unpaired) electrons. The number of fused-ring (bicyclic) bond motifs is 3. The maximum atomic E-state index is 11.2. The summed E-state index contributed by atoms with van der Waals surface area (Å²) < 4.78 is 38.5. The van der Waals surface area contributed by atoms with Gasteiger partial charge >= 0.3 is 0 Å². The fourth-order valence-corrected chi connectivity index (χ4v) is 13.4. The third-order valence-corrected chi connectivity index (χ3v) is 19.2. The highest BCUT2D eigenvalue weighted by molar-refractivity contribution is 5.86. The minimum Gasteiger partial charge on any atom is -0.497 e. The Balaban J connectivity index is 0.000000141. The van der Waals surface area contributed by atoms with Crippen molar-refractivity contribution in [2.45, 2.75) is 63.2 Å². The van der Waals surface area contributed by atoms with Gasteiger partial charge in [-0.1, -0.05) is 6.42 Å². The second kappa shape index (κ2) is 34.3. The first-order valence-corrected chi connectivity index (χ1v) is 36.0. The fourth-order valence-electron chi connectivity index (χ4n) is 13.4. The largest absolute Gasteiger partial charge is 0.497 e. The highest BCUT2D eigenvalue weighted by atomic mass is 16.5. The Morgan fingerprint density at radius 1 is 0.443 bits per heavy atom. The van der Waals surface area contributed by atoms with Crippen molar-refractivity contribution in [1.82, 2.24) is 74.4 Å². The zero-order chi connectivity index (χ0) is 73.6. The Labute approximate surface area is 617 Å². The topological polar surface area (TPSA) is 255 Å². The first-order valence-electron chi connectivity index (χ1n) is 36.0. The lowest BCUT2D eigenvalue weighted by atomic mass is 10.1. The smallest absolute Gasteiger partial charge is 0.124 e. The summed E-state index contributed by atoms with van der Waals surface area (Å²) in [5.41, 5.74) is 15.8. The third kappa shape index (κ3) is 18.5. The zero-order valence-corrected chi connectivity index (χ0v) is 61.8. The molecule has 1 saturated carbocycles. The minimum atomic E-state index is -0.543. The number of piperidine rings is 1. The van der Waals surface area contributed by atoms with E-state index in [4.69, 9.17) is 43.4 Å². The van der Waals surface area contributed by atoms with Gasteiger partial charge in [0.25, 0.3) is 0 Å². The van der Waals surface area contributed by atoms with E-state index in [-0.39, 0.29) is 6.10 Å². The molecule has 2 atom stereocenters. The molecule has 0 amide bonds. The van der Waals surface area contributed by atoms with E-state index in [2.05, 4.69) is 84.3 Å². The number of aliphatic hydroxyl groups is 2. The number of aromatic nitrogens is 12. The van der Waals surface area contributed by atoms with Crippen molar-refractivity contribution in [2.24, 2.45) is 21.1 Å². The molecule has 3 N–H and O–H groups in total. The normalized spacial score (nSPS) is 14.8. The number of ether oxygens (including phenoxy) is 6. The lowest BCUT2D eigenvalue weighted by molar-refractivity contribution is 0.107. The Hall–Kier alpha value is -11.0. The number of anilines is 6. The van der Waals surface area contributed by atoms with Gasteiger partial charge in [-0.05, 0) is 113 Å². The molecule has 106 heavy (non-hydrogen) atoms. The number of β-amino-alcohol motifs (C(OH)–C–C–N with tert-alkyl or cyclic N) is 2. The van der Waals surface area contributed by atoms with Crippen molar-refractivity contribution in [3.8, 4) is 68.3 Å². The Morgan fingerprint density at radius 3 is 1.21 bits per heavy atom. The maximum Gasteiger partial charge on any atom is 0.124 e. The summed E-state index contributed by atoms with van der Waals surface area (Å²) in [4.78, 5) is 39.8. The second-order valence-corrected chi connectivity index (χ2v) is 27.0. The van der Waals surface area contributed by atoms with E-state index in [0.717, 1.165) is 189 Å². The molecule has 0 spiro atoms. The summed E-state index contributed by atoms with van der Waals surface area (Å²) >= 11 is 0. The standard InChI is InChI=1S/C28H34N6O3.C27H32N6O3.C25H28N6O2/c1-32-17-20(15-30-32)28-16-29-26-8-7-21(13-27(26)31-28)34(19-23(35)18-33-9-5-4-6-10-33)22-11-24(36-2)14-25(12-22)37-3;1-31-17-19(15-29-31)27-16-28-25-6-5-20(13-26(25)30-27)33(9-4-8-32-10-7-22(34)18-32)21-11-23(35-2)14-24(12-21)36-3;1-30-16-17(14-28-30)25-15-27-23-7-6-19(12-24(23)29-25)31(9-8-26-18-4-5-18)20-10-21(32-2)13-22(11-20)33-3/h7-8,11-17,23,35H,4-6,9-10,18-19H2,1-3H3;5-6,11-17,22,34H,4,7-10,18H2,1-3H3;6-7,10-16,18,26H,4-5,8-9H2,1-3H3. The van der Waals surface area contributed by atoms with Crippen molar-refractivity contribution >= 4 is 67.2 Å². The first-order chi connectivity index (χ1) is 51.7. The zero-order valence-electron chi connectivity index (χ0n) is 61.8. The van der Waals surface area contributed by atoms with Gasteiger partial charge < -0.3 is 68.5 Å². The minimum absolute atomic E-state index is 0.211. The van der Waals surface area contributed by atoms with Crippen molar-refractivity contribution in [3.05, 3.63) is 165 Å². The number of hydrogen-bond donors (Lipinski definition) is 3. The van der Waals surface area contributed by atoms with E-state index in [0.29, 0.717) is 30.6 Å². The van der Waals surface area contributed by atoms with Crippen molar-refractivity contribution in [1.29, 1.82) is 0 Å². The molecular formula is C80H94N18O8. The summed E-state index contributed by atoms with van der Waals surface area (Å²) in [6.07, 6.45) is 23.7. The van der Waals surface area contributed by atoms with Gasteiger partial charge in [0, 0.05) is 190 Å². The van der Waals surface area contributed by atoms with E-state index in [1.807, 2.05) is 125 Å². The van der Waals surface area contributed by atoms with Crippen LogP contribution in [0.3, 0.4) is 0 Å². The number of nitrogens with zero attached hydrogens (tertiary/aromatic N) is 17. The van der Waals surface area contributed by atoms with Crippen molar-refractivity contribution < 1.29 is 38.6 Å². The number of rotatable bonds is 27. The number of aryl methyl sites for hydroxylation is 3. The van der Waals surface area contributed by atoms with E-state index in [1.54, 1.807) is 93.9 Å². The van der Waals surface area contributed by atoms with Crippen LogP contribution in [0.1, 0.15) is 44.9 Å². The number of hydrogen-bond acceptors (Lipinski definition) is 23. The Bertz CT molecular complexity index is 4860. The molecule has 3 fully saturated rings. The first kappa shape index (κ1) is 73.3. The molecule has 2 aliphatic heterocycles. The third-order valence-electron chi connectivity index (χ3n) is 19.2. The highest BCUT2D eigenvalue weighted by Crippen LogP contribution is 2.39. The van der Waals surface area contributed by atoms with E-state index >= 15 is 0 Å². The molecule has 3 aliphatic rings. The van der Waals surface area contributed by atoms with Gasteiger partial charge in [0.05, 0.1) is 149 Å². The number of aliphatic hydroxyl groups excluding tert-OH is 2. The predicted molar refractivity (Wildman–Crippen MR) is 414 cm³/mol. The molecule has 15 rings (SSSR count). The Morgan fingerprint density at radius 2 is 0.840 bits per heavy atom. The molecule has 2 saturated heterocycles. The van der Waals surface area contributed by atoms with Gasteiger partial charge in [0.1, 0.15) is 34.5 Å². The van der Waals surface area contributed by atoms with Crippen molar-refractivity contribution in [2.75, 3.05) is 123 Å². The number of methoxy groups -OCH3 is 6. The van der Waals surface area contributed by atoms with Crippen LogP contribution in [0.25, 0.3) is 66.9 Å². The lowest BCUT2D eigenvalue weighted by Gasteiger charge is -2.32. The van der Waals surface area contributed by atoms with E-state index in [9.17, 15) is 10.2 Å². The van der Waals surface area contributed by atoms with Gasteiger partial charge in [0.15, 0.2) is 0 Å². The van der Waals surface area contributed by atoms with Gasteiger partial charge in [-0.25, -0.2) is 15.0 Å². The lowest BCUT2D eigenvalue weighted by Crippen LogP contribution is -2.41. The summed E-state index contributed by atoms with van der Waals surface area (Å²) in [7, 11) is 15.6. The van der Waals surface area contributed by atoms with Gasteiger partial charge in [-0.15, -0.1) is 0 Å². The summed E-state index contributed by atoms with van der Waals surface area (Å²) in [5.74, 6) is 4.34. The SMILES string of the molecule is COc1cc(OC)cc(N(CC(O)CN2CCCCC2)c2ccc3ncc(-c4cnn(C)c4)nc3c2)c1.COc1cc(OC)cc(N(CCCN2CCC(O)C2)c2ccc3ncc(-c4cnn(C)c4)nc3c2)c1.COc1cc(OC)cc(N(CCNC2CC2)c2ccc3ncc(-c4cnn(C)c4)nc3c2)c1. The molecule has 2 unspecified atom stereocenters. The average molecular weight is 1440 g/mol. The molecule has 552 valence electrons. The molecule has 0 bridgehead atoms. The maximum absolute atomic E-state index is 11.2. The van der Waals surface area contributed by atoms with Crippen LogP contribution < -0.4 is 48.4 Å². The summed E-state index contributed by atoms with van der Waals surface area (Å²) in [6, 6.07) is 36.6. The van der Waals surface area contributed by atoms with Gasteiger partial charge in [0.2, 0.25) is 0 Å². The quantitative estimate of drug-likeness (QED) is 0.0432.